The monoisotopic (exact) mass is 468 g/mol. The molecule has 0 aromatic heterocycles. The van der Waals surface area contributed by atoms with Gasteiger partial charge < -0.3 is 14.9 Å². The second-order valence-corrected chi connectivity index (χ2v) is 9.14. The molecule has 1 aliphatic rings. The summed E-state index contributed by atoms with van der Waals surface area (Å²) in [7, 11) is 0. The quantitative estimate of drug-likeness (QED) is 0.295. The van der Waals surface area contributed by atoms with Gasteiger partial charge in [0.15, 0.2) is 0 Å². The van der Waals surface area contributed by atoms with Crippen LogP contribution >= 0.6 is 11.6 Å². The molecule has 1 N–H and O–H groups in total. The molecule has 1 atom stereocenters. The summed E-state index contributed by atoms with van der Waals surface area (Å²) in [5.74, 6) is -1.02. The Bertz CT molecular complexity index is 1010. The maximum absolute atomic E-state index is 13.1. The number of halogens is 1. The topological polar surface area (TPSA) is 60.9 Å². The number of rotatable bonds is 9. The van der Waals surface area contributed by atoms with Crippen LogP contribution in [0.15, 0.2) is 54.1 Å². The molecule has 6 heteroatoms. The summed E-state index contributed by atoms with van der Waals surface area (Å²) in [5.41, 5.74) is 2.58. The Hall–Kier alpha value is -2.63. The van der Waals surface area contributed by atoms with Crippen LogP contribution in [0, 0.1) is 0 Å². The van der Waals surface area contributed by atoms with Gasteiger partial charge >= 0.3 is 0 Å². The number of benzene rings is 2. The average Bonchev–Trinajstić information content (AvgIpc) is 3.07. The van der Waals surface area contributed by atoms with Gasteiger partial charge in [-0.15, -0.1) is 0 Å². The van der Waals surface area contributed by atoms with Crippen LogP contribution in [-0.2, 0) is 9.59 Å². The highest BCUT2D eigenvalue weighted by Gasteiger charge is 2.45. The molecule has 0 radical (unpaired) electrons. The molecule has 0 bridgehead atoms. The van der Waals surface area contributed by atoms with Crippen molar-refractivity contribution in [2.75, 3.05) is 26.2 Å². The first kappa shape index (κ1) is 25.0. The normalized spacial score (nSPS) is 18.0. The highest BCUT2D eigenvalue weighted by molar-refractivity contribution is 6.46. The van der Waals surface area contributed by atoms with Crippen LogP contribution < -0.4 is 0 Å². The standard InChI is InChI=1S/C27H33ClN2O3/c1-5-29(6-2)16-7-17-30-24(20-10-8-19(9-11-20)18(3)4)23(26(32)27(30)33)25(31)21-12-14-22(28)15-13-21/h8-15,18,24,31H,5-7,16-17H2,1-4H3. The van der Waals surface area contributed by atoms with Gasteiger partial charge in [0, 0.05) is 17.1 Å². The number of likely N-dealkylation sites (tertiary alicyclic amines) is 1. The molecule has 1 saturated heterocycles. The second kappa shape index (κ2) is 11.0. The summed E-state index contributed by atoms with van der Waals surface area (Å²) in [6, 6.07) is 14.0. The number of amides is 1. The van der Waals surface area contributed by atoms with Crippen molar-refractivity contribution in [2.45, 2.75) is 46.1 Å². The SMILES string of the molecule is CCN(CC)CCCN1C(=O)C(=O)C(=C(O)c2ccc(Cl)cc2)C1c1ccc(C(C)C)cc1. The zero-order valence-corrected chi connectivity index (χ0v) is 20.6. The lowest BCUT2D eigenvalue weighted by atomic mass is 9.93. The van der Waals surface area contributed by atoms with Gasteiger partial charge in [-0.05, 0) is 67.4 Å². The number of nitrogens with zero attached hydrogens (tertiary/aromatic N) is 2. The Morgan fingerprint density at radius 3 is 2.18 bits per heavy atom. The molecule has 2 aromatic carbocycles. The molecule has 33 heavy (non-hydrogen) atoms. The van der Waals surface area contributed by atoms with E-state index >= 15 is 0 Å². The summed E-state index contributed by atoms with van der Waals surface area (Å²) in [5, 5.41) is 11.6. The minimum atomic E-state index is -0.650. The molecular weight excluding hydrogens is 436 g/mol. The molecule has 0 aliphatic carbocycles. The first-order valence-electron chi connectivity index (χ1n) is 11.6. The first-order chi connectivity index (χ1) is 15.8. The Balaban J connectivity index is 2.03. The molecule has 1 aliphatic heterocycles. The molecule has 2 aromatic rings. The Kier molecular flexibility index (Phi) is 8.33. The molecular formula is C27H33ClN2O3. The van der Waals surface area contributed by atoms with Crippen molar-refractivity contribution >= 4 is 29.1 Å². The van der Waals surface area contributed by atoms with E-state index in [1.54, 1.807) is 29.2 Å². The number of carbonyl (C=O) groups excluding carboxylic acids is 2. The Labute approximate surface area is 201 Å². The Morgan fingerprint density at radius 1 is 1.03 bits per heavy atom. The fraction of sp³-hybridized carbons (Fsp3) is 0.407. The maximum atomic E-state index is 13.1. The van der Waals surface area contributed by atoms with Crippen LogP contribution in [0.3, 0.4) is 0 Å². The van der Waals surface area contributed by atoms with Crippen molar-refractivity contribution in [1.29, 1.82) is 0 Å². The molecule has 3 rings (SSSR count). The predicted molar refractivity (Wildman–Crippen MR) is 133 cm³/mol. The molecule has 1 unspecified atom stereocenters. The van der Waals surface area contributed by atoms with Crippen LogP contribution in [0.4, 0.5) is 0 Å². The largest absolute Gasteiger partial charge is 0.507 e. The number of aliphatic hydroxyl groups excluding tert-OH is 1. The van der Waals surface area contributed by atoms with Crippen molar-refractivity contribution in [1.82, 2.24) is 9.80 Å². The van der Waals surface area contributed by atoms with E-state index in [-0.39, 0.29) is 11.3 Å². The lowest BCUT2D eigenvalue weighted by molar-refractivity contribution is -0.140. The van der Waals surface area contributed by atoms with E-state index in [2.05, 4.69) is 32.6 Å². The fourth-order valence-corrected chi connectivity index (χ4v) is 4.41. The lowest BCUT2D eigenvalue weighted by Crippen LogP contribution is -2.33. The van der Waals surface area contributed by atoms with Gasteiger partial charge in [0.25, 0.3) is 11.7 Å². The van der Waals surface area contributed by atoms with E-state index < -0.39 is 17.7 Å². The molecule has 1 heterocycles. The van der Waals surface area contributed by atoms with Crippen molar-refractivity contribution < 1.29 is 14.7 Å². The van der Waals surface area contributed by atoms with Crippen LogP contribution in [-0.4, -0.2) is 52.8 Å². The van der Waals surface area contributed by atoms with Crippen LogP contribution in [0.25, 0.3) is 5.76 Å². The molecule has 5 nitrogen and oxygen atoms in total. The Morgan fingerprint density at radius 2 is 1.64 bits per heavy atom. The first-order valence-corrected chi connectivity index (χ1v) is 12.0. The van der Waals surface area contributed by atoms with Crippen molar-refractivity contribution in [2.24, 2.45) is 0 Å². The minimum absolute atomic E-state index is 0.127. The maximum Gasteiger partial charge on any atom is 0.295 e. The van der Waals surface area contributed by atoms with Crippen LogP contribution in [0.1, 0.15) is 62.8 Å². The molecule has 0 spiro atoms. The number of hydrogen-bond donors (Lipinski definition) is 1. The predicted octanol–water partition coefficient (Wildman–Crippen LogP) is 5.62. The lowest BCUT2D eigenvalue weighted by Gasteiger charge is -2.27. The van der Waals surface area contributed by atoms with Crippen LogP contribution in [0.2, 0.25) is 5.02 Å². The van der Waals surface area contributed by atoms with Gasteiger partial charge in [-0.1, -0.05) is 63.6 Å². The number of ketones is 1. The van der Waals surface area contributed by atoms with Crippen LogP contribution in [0.5, 0.6) is 0 Å². The zero-order chi connectivity index (χ0) is 24.1. The third-order valence-electron chi connectivity index (χ3n) is 6.34. The van der Waals surface area contributed by atoms with Gasteiger partial charge in [0.2, 0.25) is 0 Å². The van der Waals surface area contributed by atoms with E-state index in [0.717, 1.165) is 31.6 Å². The van der Waals surface area contributed by atoms with Gasteiger partial charge in [-0.2, -0.15) is 0 Å². The van der Waals surface area contributed by atoms with Gasteiger partial charge in [-0.3, -0.25) is 9.59 Å². The van der Waals surface area contributed by atoms with Gasteiger partial charge in [0.1, 0.15) is 5.76 Å². The van der Waals surface area contributed by atoms with E-state index in [0.29, 0.717) is 23.0 Å². The molecule has 176 valence electrons. The number of carbonyl (C=O) groups is 2. The summed E-state index contributed by atoms with van der Waals surface area (Å²) in [4.78, 5) is 30.1. The third-order valence-corrected chi connectivity index (χ3v) is 6.60. The molecule has 0 saturated carbocycles. The average molecular weight is 469 g/mol. The fourth-order valence-electron chi connectivity index (χ4n) is 4.29. The van der Waals surface area contributed by atoms with E-state index in [1.807, 2.05) is 24.3 Å². The van der Waals surface area contributed by atoms with Gasteiger partial charge in [-0.25, -0.2) is 0 Å². The molecule has 1 amide bonds. The summed E-state index contributed by atoms with van der Waals surface area (Å²) in [6.07, 6.45) is 0.746. The summed E-state index contributed by atoms with van der Waals surface area (Å²) < 4.78 is 0. The number of aliphatic hydroxyl groups is 1. The minimum Gasteiger partial charge on any atom is -0.507 e. The van der Waals surface area contributed by atoms with Crippen molar-refractivity contribution in [3.63, 3.8) is 0 Å². The smallest absolute Gasteiger partial charge is 0.295 e. The second-order valence-electron chi connectivity index (χ2n) is 8.70. The summed E-state index contributed by atoms with van der Waals surface area (Å²) >= 11 is 5.99. The van der Waals surface area contributed by atoms with Crippen molar-refractivity contribution in [3.05, 3.63) is 75.8 Å². The zero-order valence-electron chi connectivity index (χ0n) is 19.8. The van der Waals surface area contributed by atoms with E-state index in [1.165, 1.54) is 5.56 Å². The summed E-state index contributed by atoms with van der Waals surface area (Å²) in [6.45, 7) is 11.6. The molecule has 1 fully saturated rings. The van der Waals surface area contributed by atoms with Crippen molar-refractivity contribution in [3.8, 4) is 0 Å². The number of hydrogen-bond acceptors (Lipinski definition) is 4. The van der Waals surface area contributed by atoms with E-state index in [9.17, 15) is 14.7 Å². The highest BCUT2D eigenvalue weighted by atomic mass is 35.5. The highest BCUT2D eigenvalue weighted by Crippen LogP contribution is 2.40. The third kappa shape index (κ3) is 5.48. The number of Topliss-reactive ketones (excluding diaryl/α,β-unsaturated/α-hetero) is 1. The van der Waals surface area contributed by atoms with E-state index in [4.69, 9.17) is 11.6 Å². The van der Waals surface area contributed by atoms with Gasteiger partial charge in [0.05, 0.1) is 11.6 Å².